The van der Waals surface area contributed by atoms with Crippen LogP contribution in [0.4, 0.5) is 5.82 Å². The molecule has 4 rings (SSSR count). The third-order valence-electron chi connectivity index (χ3n) is 5.23. The maximum absolute atomic E-state index is 12.6. The summed E-state index contributed by atoms with van der Waals surface area (Å²) in [7, 11) is 3.24. The molecule has 2 aromatic carbocycles. The lowest BCUT2D eigenvalue weighted by molar-refractivity contribution is -0.111. The SMILES string of the molecule is COc1cc2occ(-c3ccccc3OC)c2cc1/C(C)=C/C(=O)Nc1cc(C)ccn1. The molecule has 0 radical (unpaired) electrons. The number of pyridine rings is 1. The lowest BCUT2D eigenvalue weighted by Gasteiger charge is -2.11. The minimum absolute atomic E-state index is 0.264. The molecular weight excluding hydrogens is 404 g/mol. The number of hydrogen-bond donors (Lipinski definition) is 1. The predicted molar refractivity (Wildman–Crippen MR) is 126 cm³/mol. The van der Waals surface area contributed by atoms with E-state index in [0.29, 0.717) is 17.2 Å². The number of carbonyl (C=O) groups is 1. The summed E-state index contributed by atoms with van der Waals surface area (Å²) >= 11 is 0. The Morgan fingerprint density at radius 2 is 1.81 bits per heavy atom. The third kappa shape index (κ3) is 4.21. The number of amides is 1. The molecule has 0 unspecified atom stereocenters. The molecule has 0 bridgehead atoms. The van der Waals surface area contributed by atoms with Gasteiger partial charge in [0.2, 0.25) is 5.91 Å². The van der Waals surface area contributed by atoms with Crippen molar-refractivity contribution in [3.8, 4) is 22.6 Å². The molecule has 0 spiro atoms. The number of fused-ring (bicyclic) bond motifs is 1. The van der Waals surface area contributed by atoms with E-state index in [-0.39, 0.29) is 5.91 Å². The molecule has 0 saturated carbocycles. The number of hydrogen-bond acceptors (Lipinski definition) is 5. The van der Waals surface area contributed by atoms with Crippen molar-refractivity contribution in [3.05, 3.63) is 78.2 Å². The average molecular weight is 428 g/mol. The maximum atomic E-state index is 12.6. The second-order valence-electron chi connectivity index (χ2n) is 7.43. The van der Waals surface area contributed by atoms with Crippen LogP contribution in [0.2, 0.25) is 0 Å². The molecule has 162 valence electrons. The number of rotatable bonds is 6. The van der Waals surface area contributed by atoms with E-state index >= 15 is 0 Å². The first-order valence-corrected chi connectivity index (χ1v) is 10.1. The number of ether oxygens (including phenoxy) is 2. The van der Waals surface area contributed by atoms with Gasteiger partial charge in [0.25, 0.3) is 0 Å². The minimum atomic E-state index is -0.264. The van der Waals surface area contributed by atoms with Gasteiger partial charge in [0.15, 0.2) is 0 Å². The fourth-order valence-corrected chi connectivity index (χ4v) is 3.65. The Bertz CT molecular complexity index is 1320. The lowest BCUT2D eigenvalue weighted by atomic mass is 9.98. The van der Waals surface area contributed by atoms with Crippen LogP contribution < -0.4 is 14.8 Å². The number of benzene rings is 2. The molecular formula is C26H24N2O4. The summed E-state index contributed by atoms with van der Waals surface area (Å²) < 4.78 is 16.9. The number of para-hydroxylation sites is 1. The van der Waals surface area contributed by atoms with E-state index < -0.39 is 0 Å². The second kappa shape index (κ2) is 8.98. The number of allylic oxidation sites excluding steroid dienone is 1. The molecule has 0 fully saturated rings. The van der Waals surface area contributed by atoms with Gasteiger partial charge in [-0.05, 0) is 49.2 Å². The number of aryl methyl sites for hydroxylation is 1. The summed E-state index contributed by atoms with van der Waals surface area (Å²) in [5.41, 5.74) is 5.09. The molecule has 6 nitrogen and oxygen atoms in total. The highest BCUT2D eigenvalue weighted by Gasteiger charge is 2.17. The molecule has 2 heterocycles. The molecule has 0 saturated heterocycles. The molecule has 0 aliphatic carbocycles. The van der Waals surface area contributed by atoms with Crippen molar-refractivity contribution in [1.82, 2.24) is 4.98 Å². The van der Waals surface area contributed by atoms with Crippen LogP contribution in [0, 0.1) is 6.92 Å². The van der Waals surface area contributed by atoms with E-state index in [2.05, 4.69) is 10.3 Å². The highest BCUT2D eigenvalue weighted by atomic mass is 16.5. The van der Waals surface area contributed by atoms with Gasteiger partial charge >= 0.3 is 0 Å². The number of nitrogens with zero attached hydrogens (tertiary/aromatic N) is 1. The van der Waals surface area contributed by atoms with Gasteiger partial charge in [-0.1, -0.05) is 18.2 Å². The van der Waals surface area contributed by atoms with Crippen LogP contribution in [0.1, 0.15) is 18.1 Å². The van der Waals surface area contributed by atoms with E-state index in [4.69, 9.17) is 13.9 Å². The number of furan rings is 1. The standard InChI is InChI=1S/C26H24N2O4/c1-16-9-10-27-25(11-16)28-26(29)12-17(2)19-13-20-21(15-32-24(20)14-23(19)31-4)18-7-5-6-8-22(18)30-3/h5-15H,1-4H3,(H,27,28,29)/b17-12+. The van der Waals surface area contributed by atoms with Gasteiger partial charge in [0.1, 0.15) is 22.9 Å². The van der Waals surface area contributed by atoms with Gasteiger partial charge < -0.3 is 19.2 Å². The average Bonchev–Trinajstić information content (AvgIpc) is 3.20. The van der Waals surface area contributed by atoms with Crippen molar-refractivity contribution in [2.24, 2.45) is 0 Å². The molecule has 4 aromatic rings. The van der Waals surface area contributed by atoms with Crippen LogP contribution in [-0.2, 0) is 4.79 Å². The fourth-order valence-electron chi connectivity index (χ4n) is 3.65. The van der Waals surface area contributed by atoms with Gasteiger partial charge in [0.05, 0.1) is 20.5 Å². The molecule has 32 heavy (non-hydrogen) atoms. The Morgan fingerprint density at radius 3 is 2.56 bits per heavy atom. The number of methoxy groups -OCH3 is 2. The topological polar surface area (TPSA) is 73.6 Å². The maximum Gasteiger partial charge on any atom is 0.249 e. The summed E-state index contributed by atoms with van der Waals surface area (Å²) in [6.45, 7) is 3.82. The molecule has 2 aromatic heterocycles. The van der Waals surface area contributed by atoms with Crippen molar-refractivity contribution >= 4 is 28.3 Å². The van der Waals surface area contributed by atoms with Gasteiger partial charge in [-0.25, -0.2) is 4.98 Å². The van der Waals surface area contributed by atoms with Gasteiger partial charge in [-0.15, -0.1) is 0 Å². The third-order valence-corrected chi connectivity index (χ3v) is 5.23. The van der Waals surface area contributed by atoms with Gasteiger partial charge in [0, 0.05) is 40.4 Å². The van der Waals surface area contributed by atoms with Crippen molar-refractivity contribution in [2.45, 2.75) is 13.8 Å². The highest BCUT2D eigenvalue weighted by molar-refractivity contribution is 6.05. The number of carbonyl (C=O) groups excluding carboxylic acids is 1. The van der Waals surface area contributed by atoms with Crippen molar-refractivity contribution in [2.75, 3.05) is 19.5 Å². The molecule has 1 amide bonds. The minimum Gasteiger partial charge on any atom is -0.496 e. The normalized spacial score (nSPS) is 11.4. The van der Waals surface area contributed by atoms with E-state index in [0.717, 1.165) is 39.0 Å². The van der Waals surface area contributed by atoms with Crippen molar-refractivity contribution < 1.29 is 18.7 Å². The highest BCUT2D eigenvalue weighted by Crippen LogP contribution is 2.40. The number of nitrogens with one attached hydrogen (secondary N) is 1. The van der Waals surface area contributed by atoms with Crippen LogP contribution in [0.5, 0.6) is 11.5 Å². The van der Waals surface area contributed by atoms with E-state index in [1.54, 1.807) is 26.7 Å². The van der Waals surface area contributed by atoms with Crippen LogP contribution in [0.25, 0.3) is 27.7 Å². The van der Waals surface area contributed by atoms with E-state index in [1.807, 2.05) is 62.4 Å². The van der Waals surface area contributed by atoms with Crippen LogP contribution in [-0.4, -0.2) is 25.1 Å². The molecule has 1 N–H and O–H groups in total. The first-order valence-electron chi connectivity index (χ1n) is 10.1. The largest absolute Gasteiger partial charge is 0.496 e. The zero-order valence-electron chi connectivity index (χ0n) is 18.4. The van der Waals surface area contributed by atoms with Crippen LogP contribution >= 0.6 is 0 Å². The second-order valence-corrected chi connectivity index (χ2v) is 7.43. The Labute approximate surface area is 186 Å². The Kier molecular flexibility index (Phi) is 5.94. The van der Waals surface area contributed by atoms with E-state index in [9.17, 15) is 4.79 Å². The van der Waals surface area contributed by atoms with E-state index in [1.165, 1.54) is 6.08 Å². The monoisotopic (exact) mass is 428 g/mol. The molecule has 0 atom stereocenters. The first-order chi connectivity index (χ1) is 15.5. The summed E-state index contributed by atoms with van der Waals surface area (Å²) in [6.07, 6.45) is 4.91. The molecule has 0 aliphatic heterocycles. The summed E-state index contributed by atoms with van der Waals surface area (Å²) in [5.74, 6) is 1.62. The smallest absolute Gasteiger partial charge is 0.249 e. The van der Waals surface area contributed by atoms with Crippen molar-refractivity contribution in [1.29, 1.82) is 0 Å². The zero-order valence-corrected chi connectivity index (χ0v) is 18.4. The van der Waals surface area contributed by atoms with Crippen LogP contribution in [0.3, 0.4) is 0 Å². The quantitative estimate of drug-likeness (QED) is 0.389. The Morgan fingerprint density at radius 1 is 1.03 bits per heavy atom. The fraction of sp³-hybridized carbons (Fsp3) is 0.154. The number of anilines is 1. The Hall–Kier alpha value is -4.06. The molecule has 0 aliphatic rings. The van der Waals surface area contributed by atoms with Crippen LogP contribution in [0.15, 0.2) is 71.5 Å². The summed E-state index contributed by atoms with van der Waals surface area (Å²) in [6, 6.07) is 15.3. The number of aromatic nitrogens is 1. The molecule has 6 heteroatoms. The summed E-state index contributed by atoms with van der Waals surface area (Å²) in [4.78, 5) is 16.8. The predicted octanol–water partition coefficient (Wildman–Crippen LogP) is 5.86. The first kappa shape index (κ1) is 21.2. The van der Waals surface area contributed by atoms with Crippen molar-refractivity contribution in [3.63, 3.8) is 0 Å². The van der Waals surface area contributed by atoms with Gasteiger partial charge in [-0.3, -0.25) is 4.79 Å². The lowest BCUT2D eigenvalue weighted by Crippen LogP contribution is -2.10. The Balaban J connectivity index is 1.74. The van der Waals surface area contributed by atoms with Gasteiger partial charge in [-0.2, -0.15) is 0 Å². The summed E-state index contributed by atoms with van der Waals surface area (Å²) in [5, 5.41) is 3.70. The zero-order chi connectivity index (χ0) is 22.7.